The predicted octanol–water partition coefficient (Wildman–Crippen LogP) is 4.44. The Labute approximate surface area is 143 Å². The molecule has 1 aliphatic carbocycles. The van der Waals surface area contributed by atoms with Gasteiger partial charge in [-0.1, -0.05) is 22.0 Å². The van der Waals surface area contributed by atoms with Gasteiger partial charge in [-0.25, -0.2) is 0 Å². The summed E-state index contributed by atoms with van der Waals surface area (Å²) in [7, 11) is 3.75. The quantitative estimate of drug-likeness (QED) is 0.693. The Morgan fingerprint density at radius 3 is 2.43 bits per heavy atom. The lowest BCUT2D eigenvalue weighted by Crippen LogP contribution is -1.97. The van der Waals surface area contributed by atoms with E-state index < -0.39 is 0 Å². The molecule has 0 radical (unpaired) electrons. The highest BCUT2D eigenvalue weighted by molar-refractivity contribution is 9.10. The van der Waals surface area contributed by atoms with E-state index in [1.165, 1.54) is 32.4 Å². The summed E-state index contributed by atoms with van der Waals surface area (Å²) in [6.45, 7) is 2.15. The Bertz CT molecular complexity index is 639. The van der Waals surface area contributed by atoms with Gasteiger partial charge in [0.2, 0.25) is 0 Å². The van der Waals surface area contributed by atoms with Crippen LogP contribution in [-0.4, -0.2) is 19.1 Å². The van der Waals surface area contributed by atoms with Crippen LogP contribution in [0.3, 0.4) is 0 Å². The van der Waals surface area contributed by atoms with Crippen LogP contribution in [-0.2, 0) is 19.3 Å². The average molecular weight is 412 g/mol. The van der Waals surface area contributed by atoms with E-state index in [0.29, 0.717) is 0 Å². The molecule has 3 rings (SSSR count). The molecule has 0 unspecified atom stereocenters. The minimum Gasteiger partial charge on any atom is -0.323 e. The van der Waals surface area contributed by atoms with Gasteiger partial charge in [-0.3, -0.25) is 4.98 Å². The number of aromatic nitrogens is 1. The van der Waals surface area contributed by atoms with Gasteiger partial charge < -0.3 is 5.32 Å². The van der Waals surface area contributed by atoms with E-state index in [2.05, 4.69) is 67.3 Å². The number of aryl methyl sites for hydroxylation is 3. The van der Waals surface area contributed by atoms with Crippen molar-refractivity contribution in [3.63, 3.8) is 0 Å². The second-order valence-corrected chi connectivity index (χ2v) is 7.09. The third kappa shape index (κ3) is 4.15. The van der Waals surface area contributed by atoms with Crippen molar-refractivity contribution in [1.29, 1.82) is 0 Å². The first kappa shape index (κ1) is 16.7. The molecule has 0 bridgehead atoms. The molecule has 0 atom stereocenters. The van der Waals surface area contributed by atoms with Crippen molar-refractivity contribution in [2.24, 2.45) is 0 Å². The molecule has 2 nitrogen and oxygen atoms in total. The largest absolute Gasteiger partial charge is 0.323 e. The topological polar surface area (TPSA) is 24.9 Å². The van der Waals surface area contributed by atoms with Crippen LogP contribution >= 0.6 is 31.9 Å². The van der Waals surface area contributed by atoms with Crippen molar-refractivity contribution >= 4 is 31.9 Å². The van der Waals surface area contributed by atoms with Gasteiger partial charge in [0.05, 0.1) is 0 Å². The van der Waals surface area contributed by atoms with Crippen LogP contribution in [0.15, 0.2) is 33.3 Å². The van der Waals surface area contributed by atoms with Gasteiger partial charge in [-0.05, 0) is 84.2 Å². The van der Waals surface area contributed by atoms with Crippen molar-refractivity contribution in [2.75, 3.05) is 14.1 Å². The smallest absolute Gasteiger partial charge is 0.0480 e. The lowest BCUT2D eigenvalue weighted by Gasteiger charge is -2.09. The molecule has 1 N–H and O–H groups in total. The van der Waals surface area contributed by atoms with Crippen LogP contribution in [0.1, 0.15) is 27.9 Å². The van der Waals surface area contributed by atoms with Crippen LogP contribution in [0.4, 0.5) is 0 Å². The minimum atomic E-state index is 0.929. The number of benzene rings is 1. The minimum absolute atomic E-state index is 0.929. The Morgan fingerprint density at radius 1 is 1.05 bits per heavy atom. The van der Waals surface area contributed by atoms with E-state index in [4.69, 9.17) is 0 Å². The van der Waals surface area contributed by atoms with E-state index >= 15 is 0 Å². The second kappa shape index (κ2) is 7.52. The molecule has 0 amide bonds. The van der Waals surface area contributed by atoms with Crippen LogP contribution in [0.5, 0.6) is 0 Å². The highest BCUT2D eigenvalue weighted by Crippen LogP contribution is 2.30. The van der Waals surface area contributed by atoms with Gasteiger partial charge in [0.15, 0.2) is 0 Å². The molecule has 0 spiro atoms. The van der Waals surface area contributed by atoms with E-state index in [1.54, 1.807) is 0 Å². The van der Waals surface area contributed by atoms with Crippen molar-refractivity contribution in [3.05, 3.63) is 61.3 Å². The van der Waals surface area contributed by atoms with Gasteiger partial charge in [-0.15, -0.1) is 0 Å². The summed E-state index contributed by atoms with van der Waals surface area (Å²) in [6.07, 6.45) is 5.00. The van der Waals surface area contributed by atoms with Crippen molar-refractivity contribution in [3.8, 4) is 0 Å². The first-order chi connectivity index (χ1) is 10.0. The maximum atomic E-state index is 4.57. The fourth-order valence-corrected chi connectivity index (χ4v) is 3.72. The summed E-state index contributed by atoms with van der Waals surface area (Å²) in [5.74, 6) is 0. The zero-order valence-electron chi connectivity index (χ0n) is 12.6. The van der Waals surface area contributed by atoms with Crippen LogP contribution in [0, 0.1) is 6.92 Å². The summed E-state index contributed by atoms with van der Waals surface area (Å²) >= 11 is 7.20. The first-order valence-electron chi connectivity index (χ1n) is 7.04. The number of pyridine rings is 1. The van der Waals surface area contributed by atoms with Crippen LogP contribution in [0.25, 0.3) is 0 Å². The zero-order valence-corrected chi connectivity index (χ0v) is 15.8. The molecule has 1 heterocycles. The Morgan fingerprint density at radius 2 is 1.71 bits per heavy atom. The normalized spacial score (nSPS) is 12.6. The van der Waals surface area contributed by atoms with Gasteiger partial charge in [0.25, 0.3) is 0 Å². The number of nitrogens with zero attached hydrogens (tertiary/aromatic N) is 1. The van der Waals surface area contributed by atoms with Crippen molar-refractivity contribution < 1.29 is 0 Å². The number of hydrogen-bond acceptors (Lipinski definition) is 2. The monoisotopic (exact) mass is 410 g/mol. The first-order valence-corrected chi connectivity index (χ1v) is 8.63. The second-order valence-electron chi connectivity index (χ2n) is 5.32. The van der Waals surface area contributed by atoms with Gasteiger partial charge in [0.1, 0.15) is 0 Å². The summed E-state index contributed by atoms with van der Waals surface area (Å²) in [6, 6.07) is 6.71. The SMILES string of the molecule is CNC.Cc1cc(Br)c2c(c1)CCc1cc(Br)cnc1C2. The lowest BCUT2D eigenvalue weighted by atomic mass is 10.0. The number of nitrogens with one attached hydrogen (secondary N) is 1. The van der Waals surface area contributed by atoms with Gasteiger partial charge in [0, 0.05) is 27.3 Å². The molecule has 21 heavy (non-hydrogen) atoms. The molecule has 0 saturated heterocycles. The average Bonchev–Trinajstić information content (AvgIpc) is 2.59. The highest BCUT2D eigenvalue weighted by Gasteiger charge is 2.17. The summed E-state index contributed by atoms with van der Waals surface area (Å²) in [5.41, 5.74) is 6.75. The fraction of sp³-hybridized carbons (Fsp3) is 0.353. The molecule has 112 valence electrons. The maximum Gasteiger partial charge on any atom is 0.0480 e. The summed E-state index contributed by atoms with van der Waals surface area (Å²) in [4.78, 5) is 4.57. The van der Waals surface area contributed by atoms with Crippen molar-refractivity contribution in [1.82, 2.24) is 10.3 Å². The highest BCUT2D eigenvalue weighted by atomic mass is 79.9. The summed E-state index contributed by atoms with van der Waals surface area (Å²) in [5, 5.41) is 2.75. The van der Waals surface area contributed by atoms with E-state index in [9.17, 15) is 0 Å². The zero-order chi connectivity index (χ0) is 15.4. The molecule has 0 aliphatic heterocycles. The third-order valence-corrected chi connectivity index (χ3v) is 4.61. The third-order valence-electron chi connectivity index (χ3n) is 3.47. The number of hydrogen-bond donors (Lipinski definition) is 1. The fourth-order valence-electron chi connectivity index (χ4n) is 2.59. The van der Waals surface area contributed by atoms with E-state index in [0.717, 1.165) is 23.7 Å². The Balaban J connectivity index is 0.000000497. The Hall–Kier alpha value is -0.710. The van der Waals surface area contributed by atoms with E-state index in [1.807, 2.05) is 20.3 Å². The molecule has 1 aromatic heterocycles. The van der Waals surface area contributed by atoms with Crippen LogP contribution < -0.4 is 5.32 Å². The standard InChI is InChI=1S/C15H13Br2N.C2H7N/c1-9-4-10-2-3-11-6-12(16)8-18-15(11)7-13(10)14(17)5-9;1-3-2/h4-6,8H,2-3,7H2,1H3;3H,1-2H3. The molecule has 2 aromatic rings. The molecule has 0 fully saturated rings. The predicted molar refractivity (Wildman–Crippen MR) is 96.0 cm³/mol. The van der Waals surface area contributed by atoms with Crippen molar-refractivity contribution in [2.45, 2.75) is 26.2 Å². The van der Waals surface area contributed by atoms with E-state index in [-0.39, 0.29) is 0 Å². The molecule has 0 saturated carbocycles. The number of rotatable bonds is 0. The molecular formula is C17H20Br2N2. The van der Waals surface area contributed by atoms with Crippen LogP contribution in [0.2, 0.25) is 0 Å². The molecular weight excluding hydrogens is 392 g/mol. The van der Waals surface area contributed by atoms with Gasteiger partial charge >= 0.3 is 0 Å². The van der Waals surface area contributed by atoms with Gasteiger partial charge in [-0.2, -0.15) is 0 Å². The Kier molecular flexibility index (Phi) is 5.97. The summed E-state index contributed by atoms with van der Waals surface area (Å²) < 4.78 is 2.29. The number of fused-ring (bicyclic) bond motifs is 2. The molecule has 4 heteroatoms. The molecule has 1 aromatic carbocycles. The molecule has 1 aliphatic rings. The maximum absolute atomic E-state index is 4.57. The lowest BCUT2D eigenvalue weighted by molar-refractivity contribution is 0.948. The number of halogens is 2.